The Labute approximate surface area is 171 Å². The summed E-state index contributed by atoms with van der Waals surface area (Å²) in [5, 5.41) is 22.3. The molecule has 2 heterocycles. The maximum atomic E-state index is 13.3. The summed E-state index contributed by atoms with van der Waals surface area (Å²) in [6, 6.07) is 13.4. The molecule has 2 aliphatic rings. The number of benzene rings is 2. The predicted octanol–water partition coefficient (Wildman–Crippen LogP) is 0.418. The van der Waals surface area contributed by atoms with E-state index in [-0.39, 0.29) is 5.91 Å². The van der Waals surface area contributed by atoms with Crippen molar-refractivity contribution in [2.45, 2.75) is 37.8 Å². The second kappa shape index (κ2) is 8.67. The molecule has 2 aromatic carbocycles. The Kier molecular flexibility index (Phi) is 6.01. The van der Waals surface area contributed by atoms with Crippen LogP contribution in [0.2, 0.25) is 0 Å². The first-order valence-electron chi connectivity index (χ1n) is 10.4. The second-order valence-corrected chi connectivity index (χ2v) is 8.02. The molecule has 0 spiro atoms. The van der Waals surface area contributed by atoms with Crippen LogP contribution in [0.4, 0.5) is 0 Å². The van der Waals surface area contributed by atoms with Gasteiger partial charge in [-0.2, -0.15) is 0 Å². The third-order valence-corrected chi connectivity index (χ3v) is 6.23. The van der Waals surface area contributed by atoms with Gasteiger partial charge in [-0.1, -0.05) is 42.5 Å². The zero-order chi connectivity index (χ0) is 20.4. The van der Waals surface area contributed by atoms with E-state index in [1.807, 2.05) is 17.0 Å². The maximum Gasteiger partial charge on any atom is 0.488 e. The van der Waals surface area contributed by atoms with Crippen molar-refractivity contribution in [1.29, 1.82) is 0 Å². The van der Waals surface area contributed by atoms with Gasteiger partial charge in [0.1, 0.15) is 6.04 Å². The summed E-state index contributed by atoms with van der Waals surface area (Å²) in [6.07, 6.45) is 2.71. The van der Waals surface area contributed by atoms with Gasteiger partial charge in [0.15, 0.2) is 0 Å². The van der Waals surface area contributed by atoms with E-state index >= 15 is 0 Å². The lowest BCUT2D eigenvalue weighted by atomic mass is 9.77. The fraction of sp³-hybridized carbons (Fsp3) is 0.409. The van der Waals surface area contributed by atoms with E-state index < -0.39 is 13.2 Å². The van der Waals surface area contributed by atoms with Gasteiger partial charge in [0, 0.05) is 26.2 Å². The predicted molar refractivity (Wildman–Crippen MR) is 114 cm³/mol. The van der Waals surface area contributed by atoms with Crippen molar-refractivity contribution < 1.29 is 14.8 Å². The fourth-order valence-corrected chi connectivity index (χ4v) is 4.54. The lowest BCUT2D eigenvalue weighted by molar-refractivity contribution is -0.134. The second-order valence-electron chi connectivity index (χ2n) is 8.02. The van der Waals surface area contributed by atoms with Crippen molar-refractivity contribution >= 4 is 18.5 Å². The van der Waals surface area contributed by atoms with Gasteiger partial charge in [0.05, 0.1) is 0 Å². The van der Waals surface area contributed by atoms with Gasteiger partial charge in [-0.25, -0.2) is 0 Å². The summed E-state index contributed by atoms with van der Waals surface area (Å²) in [6.45, 7) is 2.74. The summed E-state index contributed by atoms with van der Waals surface area (Å²) in [5.41, 5.74) is 10.6. The number of carbonyl (C=O) groups excluding carboxylic acids is 1. The molecule has 1 amide bonds. The molecule has 1 unspecified atom stereocenters. The van der Waals surface area contributed by atoms with Crippen LogP contribution in [0, 0.1) is 0 Å². The van der Waals surface area contributed by atoms with Crippen LogP contribution in [0.25, 0.3) is 0 Å². The minimum atomic E-state index is -1.53. The van der Waals surface area contributed by atoms with Crippen LogP contribution in [0.15, 0.2) is 42.5 Å². The molecule has 5 N–H and O–H groups in total. The fourth-order valence-electron chi connectivity index (χ4n) is 4.54. The van der Waals surface area contributed by atoms with Crippen LogP contribution in [-0.2, 0) is 17.8 Å². The number of amides is 1. The van der Waals surface area contributed by atoms with E-state index in [9.17, 15) is 14.8 Å². The number of rotatable bonds is 4. The van der Waals surface area contributed by atoms with E-state index in [0.29, 0.717) is 17.9 Å². The van der Waals surface area contributed by atoms with Crippen molar-refractivity contribution in [2.24, 2.45) is 5.73 Å². The molecule has 0 bridgehead atoms. The molecule has 29 heavy (non-hydrogen) atoms. The zero-order valence-electron chi connectivity index (χ0n) is 16.6. The Hall–Kier alpha value is -2.19. The molecule has 2 aliphatic heterocycles. The maximum absolute atomic E-state index is 13.3. The van der Waals surface area contributed by atoms with Gasteiger partial charge in [-0.15, -0.1) is 0 Å². The highest BCUT2D eigenvalue weighted by Gasteiger charge is 2.33. The number of piperidine rings is 1. The van der Waals surface area contributed by atoms with Gasteiger partial charge in [-0.3, -0.25) is 4.79 Å². The Balaban J connectivity index is 1.46. The van der Waals surface area contributed by atoms with Gasteiger partial charge >= 0.3 is 7.12 Å². The van der Waals surface area contributed by atoms with Gasteiger partial charge in [0.25, 0.3) is 0 Å². The molecular formula is C22H28BN3O3. The number of hydrogen-bond acceptors (Lipinski definition) is 5. The molecule has 0 saturated carbocycles. The summed E-state index contributed by atoms with van der Waals surface area (Å²) in [5.74, 6) is 0.526. The highest BCUT2D eigenvalue weighted by molar-refractivity contribution is 6.58. The topological polar surface area (TPSA) is 98.8 Å². The van der Waals surface area contributed by atoms with Crippen molar-refractivity contribution in [3.8, 4) is 0 Å². The molecule has 6 nitrogen and oxygen atoms in total. The van der Waals surface area contributed by atoms with E-state index in [4.69, 9.17) is 5.73 Å². The molecule has 1 saturated heterocycles. The third kappa shape index (κ3) is 4.23. The Morgan fingerprint density at radius 1 is 1.17 bits per heavy atom. The number of fused-ring (bicyclic) bond motifs is 1. The largest absolute Gasteiger partial charge is 0.488 e. The van der Waals surface area contributed by atoms with Crippen molar-refractivity contribution in [1.82, 2.24) is 10.2 Å². The highest BCUT2D eigenvalue weighted by atomic mass is 16.4. The molecule has 2 aromatic rings. The number of carbonyl (C=O) groups is 1. The number of likely N-dealkylation sites (tertiary alicyclic amines) is 1. The summed E-state index contributed by atoms with van der Waals surface area (Å²) in [7, 11) is -1.53. The Morgan fingerprint density at radius 2 is 1.97 bits per heavy atom. The molecule has 0 aromatic heterocycles. The standard InChI is InChI=1S/C22H28BN3O3/c24-14-15-2-1-3-18(12-15)16-7-10-26(11-8-16)22(27)21-20-13-19(23(28)29)5-4-17(20)6-9-25-21/h1-5,12-13,16,21,25,28-29H,6-11,14,24H2. The van der Waals surface area contributed by atoms with Crippen molar-refractivity contribution in [3.63, 3.8) is 0 Å². The molecule has 7 heteroatoms. The monoisotopic (exact) mass is 393 g/mol. The number of nitrogens with two attached hydrogens (primary N) is 1. The van der Waals surface area contributed by atoms with Gasteiger partial charge in [0.2, 0.25) is 5.91 Å². The first kappa shape index (κ1) is 20.1. The van der Waals surface area contributed by atoms with Crippen LogP contribution in [0.5, 0.6) is 0 Å². The molecule has 0 aliphatic carbocycles. The summed E-state index contributed by atoms with van der Waals surface area (Å²) >= 11 is 0. The minimum absolute atomic E-state index is 0.0738. The van der Waals surface area contributed by atoms with Crippen molar-refractivity contribution in [2.75, 3.05) is 19.6 Å². The molecule has 1 atom stereocenters. The first-order valence-corrected chi connectivity index (χ1v) is 10.4. The smallest absolute Gasteiger partial charge is 0.423 e. The first-order chi connectivity index (χ1) is 14.1. The lowest BCUT2D eigenvalue weighted by Crippen LogP contribution is -2.47. The molecule has 152 valence electrons. The number of nitrogens with zero attached hydrogens (tertiary/aromatic N) is 1. The lowest BCUT2D eigenvalue weighted by Gasteiger charge is -2.36. The SMILES string of the molecule is NCc1cccc(C2CCN(C(=O)C3NCCc4ccc(B(O)O)cc43)CC2)c1. The van der Waals surface area contributed by atoms with E-state index in [1.165, 1.54) is 5.56 Å². The Bertz CT molecular complexity index is 881. The molecular weight excluding hydrogens is 365 g/mol. The average molecular weight is 393 g/mol. The zero-order valence-corrected chi connectivity index (χ0v) is 16.6. The normalized spacial score (nSPS) is 19.7. The molecule has 1 fully saturated rings. The quantitative estimate of drug-likeness (QED) is 0.565. The minimum Gasteiger partial charge on any atom is -0.423 e. The van der Waals surface area contributed by atoms with Crippen LogP contribution in [0.1, 0.15) is 47.1 Å². The molecule has 0 radical (unpaired) electrons. The van der Waals surface area contributed by atoms with Crippen LogP contribution >= 0.6 is 0 Å². The number of hydrogen-bond donors (Lipinski definition) is 4. The van der Waals surface area contributed by atoms with E-state index in [0.717, 1.165) is 55.6 Å². The van der Waals surface area contributed by atoms with Crippen molar-refractivity contribution in [3.05, 3.63) is 64.7 Å². The molecule has 4 rings (SSSR count). The third-order valence-electron chi connectivity index (χ3n) is 6.23. The van der Waals surface area contributed by atoms with E-state index in [1.54, 1.807) is 12.1 Å². The Morgan fingerprint density at radius 3 is 2.69 bits per heavy atom. The average Bonchev–Trinajstić information content (AvgIpc) is 2.78. The van der Waals surface area contributed by atoms with Crippen LogP contribution in [0.3, 0.4) is 0 Å². The van der Waals surface area contributed by atoms with E-state index in [2.05, 4.69) is 23.5 Å². The highest BCUT2D eigenvalue weighted by Crippen LogP contribution is 2.31. The summed E-state index contributed by atoms with van der Waals surface area (Å²) < 4.78 is 0. The number of nitrogens with one attached hydrogen (secondary N) is 1. The summed E-state index contributed by atoms with van der Waals surface area (Å²) in [4.78, 5) is 15.2. The van der Waals surface area contributed by atoms with Gasteiger partial charge in [-0.05, 0) is 52.9 Å². The van der Waals surface area contributed by atoms with Crippen LogP contribution in [-0.4, -0.2) is 47.6 Å². The van der Waals surface area contributed by atoms with Crippen LogP contribution < -0.4 is 16.5 Å². The van der Waals surface area contributed by atoms with Gasteiger partial charge < -0.3 is 26.0 Å².